The molecule has 4 amide bonds. The van der Waals surface area contributed by atoms with Crippen molar-refractivity contribution < 1.29 is 24.3 Å². The van der Waals surface area contributed by atoms with Crippen molar-refractivity contribution in [2.24, 2.45) is 11.7 Å². The Morgan fingerprint density at radius 3 is 2.19 bits per heavy atom. The van der Waals surface area contributed by atoms with Gasteiger partial charge in [0.1, 0.15) is 11.5 Å². The second-order valence-corrected chi connectivity index (χ2v) is 3.79. The number of urea groups is 1. The van der Waals surface area contributed by atoms with Gasteiger partial charge < -0.3 is 10.8 Å². The lowest BCUT2D eigenvalue weighted by Crippen LogP contribution is -2.59. The fraction of sp³-hybridized carbons (Fsp3) is 0.500. The van der Waals surface area contributed by atoms with Gasteiger partial charge in [0.2, 0.25) is 11.8 Å². The second kappa shape index (κ2) is 3.89. The van der Waals surface area contributed by atoms with Gasteiger partial charge in [-0.2, -0.15) is 0 Å². The summed E-state index contributed by atoms with van der Waals surface area (Å²) >= 11 is 0. The van der Waals surface area contributed by atoms with Gasteiger partial charge in [-0.05, 0) is 13.3 Å². The molecular formula is C8H11N3O5. The summed E-state index contributed by atoms with van der Waals surface area (Å²) in [6.45, 7) is 1.19. The van der Waals surface area contributed by atoms with E-state index in [0.29, 0.717) is 0 Å². The van der Waals surface area contributed by atoms with Gasteiger partial charge in [-0.1, -0.05) is 0 Å². The molecule has 1 unspecified atom stereocenters. The van der Waals surface area contributed by atoms with Crippen LogP contribution >= 0.6 is 0 Å². The summed E-state index contributed by atoms with van der Waals surface area (Å²) in [7, 11) is 0. The molecule has 0 bridgehead atoms. The number of rotatable bonds is 3. The lowest BCUT2D eigenvalue weighted by molar-refractivity contribution is -0.144. The number of hydrogen-bond donors (Lipinski definition) is 4. The molecule has 0 saturated carbocycles. The summed E-state index contributed by atoms with van der Waals surface area (Å²) in [5.41, 5.74) is 3.70. The van der Waals surface area contributed by atoms with Crippen molar-refractivity contribution >= 4 is 23.8 Å². The summed E-state index contributed by atoms with van der Waals surface area (Å²) in [4.78, 5) is 44.0. The molecule has 1 saturated heterocycles. The lowest BCUT2D eigenvalue weighted by Gasteiger charge is -2.26. The maximum Gasteiger partial charge on any atom is 0.328 e. The Labute approximate surface area is 90.2 Å². The number of hydrogen-bond acceptors (Lipinski definition) is 5. The van der Waals surface area contributed by atoms with Crippen LogP contribution in [0.3, 0.4) is 0 Å². The highest BCUT2D eigenvalue weighted by Gasteiger charge is 2.41. The van der Waals surface area contributed by atoms with E-state index < -0.39 is 35.3 Å². The van der Waals surface area contributed by atoms with Crippen LogP contribution in [-0.2, 0) is 14.4 Å². The number of carboxylic acids is 1. The first-order valence-corrected chi connectivity index (χ1v) is 4.42. The topological polar surface area (TPSA) is 139 Å². The zero-order valence-corrected chi connectivity index (χ0v) is 8.44. The van der Waals surface area contributed by atoms with Gasteiger partial charge in [-0.3, -0.25) is 25.0 Å². The molecule has 8 nitrogen and oxygen atoms in total. The van der Waals surface area contributed by atoms with Crippen molar-refractivity contribution in [3.63, 3.8) is 0 Å². The molecule has 16 heavy (non-hydrogen) atoms. The van der Waals surface area contributed by atoms with Crippen molar-refractivity contribution in [3.8, 4) is 0 Å². The molecule has 5 N–H and O–H groups in total. The molecule has 0 aromatic heterocycles. The van der Waals surface area contributed by atoms with E-state index in [9.17, 15) is 19.2 Å². The van der Waals surface area contributed by atoms with Gasteiger partial charge in [0, 0.05) is 0 Å². The van der Waals surface area contributed by atoms with Gasteiger partial charge in [-0.25, -0.2) is 4.79 Å². The molecule has 1 aliphatic heterocycles. The maximum atomic E-state index is 11.3. The van der Waals surface area contributed by atoms with Crippen LogP contribution < -0.4 is 16.4 Å². The third-order valence-electron chi connectivity index (χ3n) is 2.22. The summed E-state index contributed by atoms with van der Waals surface area (Å²) in [6.07, 6.45) is -0.382. The van der Waals surface area contributed by atoms with E-state index in [2.05, 4.69) is 0 Å². The number of carbonyl (C=O) groups is 4. The smallest absolute Gasteiger partial charge is 0.328 e. The van der Waals surface area contributed by atoms with E-state index in [1.54, 1.807) is 0 Å². The van der Waals surface area contributed by atoms with E-state index in [0.717, 1.165) is 0 Å². The number of amides is 4. The van der Waals surface area contributed by atoms with Crippen molar-refractivity contribution in [3.05, 3.63) is 0 Å². The standard InChI is InChI=1S/C8H11N3O5/c1-8(9,6(14)15)2-3-4(12)10-7(16)11-5(3)13/h3H,2,9H2,1H3,(H,14,15)(H2,10,11,12,13,16). The third kappa shape index (κ3) is 2.34. The van der Waals surface area contributed by atoms with Gasteiger partial charge in [0.15, 0.2) is 0 Å². The maximum absolute atomic E-state index is 11.3. The Morgan fingerprint density at radius 1 is 1.38 bits per heavy atom. The average molecular weight is 229 g/mol. The molecule has 0 spiro atoms. The first-order valence-electron chi connectivity index (χ1n) is 4.42. The quantitative estimate of drug-likeness (QED) is 0.419. The zero-order valence-electron chi connectivity index (χ0n) is 8.44. The summed E-state index contributed by atoms with van der Waals surface area (Å²) in [6, 6.07) is -0.916. The van der Waals surface area contributed by atoms with Gasteiger partial charge in [0.05, 0.1) is 0 Å². The molecule has 1 heterocycles. The number of aliphatic carboxylic acids is 1. The van der Waals surface area contributed by atoms with Crippen LogP contribution in [0.2, 0.25) is 0 Å². The Balaban J connectivity index is 2.81. The molecule has 1 fully saturated rings. The van der Waals surface area contributed by atoms with Crippen LogP contribution in [-0.4, -0.2) is 34.5 Å². The highest BCUT2D eigenvalue weighted by Crippen LogP contribution is 2.17. The van der Waals surface area contributed by atoms with E-state index in [1.165, 1.54) is 6.92 Å². The SMILES string of the molecule is CC(N)(CC1C(=O)NC(=O)NC1=O)C(=O)O. The minimum atomic E-state index is -1.71. The Bertz CT molecular complexity index is 356. The predicted octanol–water partition coefficient (Wildman–Crippen LogP) is -1.84. The molecule has 0 aliphatic carbocycles. The Hall–Kier alpha value is -1.96. The van der Waals surface area contributed by atoms with Gasteiger partial charge in [0.25, 0.3) is 0 Å². The molecule has 88 valence electrons. The van der Waals surface area contributed by atoms with Crippen LogP contribution in [0.1, 0.15) is 13.3 Å². The van der Waals surface area contributed by atoms with Crippen LogP contribution in [0.25, 0.3) is 0 Å². The third-order valence-corrected chi connectivity index (χ3v) is 2.22. The fourth-order valence-electron chi connectivity index (χ4n) is 1.25. The first-order chi connectivity index (χ1) is 7.24. The van der Waals surface area contributed by atoms with E-state index in [4.69, 9.17) is 10.8 Å². The highest BCUT2D eigenvalue weighted by molar-refractivity contribution is 6.16. The molecular weight excluding hydrogens is 218 g/mol. The van der Waals surface area contributed by atoms with Crippen LogP contribution in [0, 0.1) is 5.92 Å². The number of carbonyl (C=O) groups excluding carboxylic acids is 3. The fourth-order valence-corrected chi connectivity index (χ4v) is 1.25. The van der Waals surface area contributed by atoms with Crippen molar-refractivity contribution in [1.29, 1.82) is 0 Å². The number of carboxylic acid groups (broad SMARTS) is 1. The van der Waals surface area contributed by atoms with E-state index in [1.807, 2.05) is 10.6 Å². The number of barbiturate groups is 1. The number of nitrogens with two attached hydrogens (primary N) is 1. The van der Waals surface area contributed by atoms with Crippen molar-refractivity contribution in [1.82, 2.24) is 10.6 Å². The van der Waals surface area contributed by atoms with Crippen molar-refractivity contribution in [2.45, 2.75) is 18.9 Å². The monoisotopic (exact) mass is 229 g/mol. The summed E-state index contributed by atoms with van der Waals surface area (Å²) in [5.74, 6) is -4.29. The average Bonchev–Trinajstić information content (AvgIpc) is 2.11. The first kappa shape index (κ1) is 12.1. The van der Waals surface area contributed by atoms with Crippen LogP contribution in [0.5, 0.6) is 0 Å². The molecule has 0 radical (unpaired) electrons. The van der Waals surface area contributed by atoms with Gasteiger partial charge in [-0.15, -0.1) is 0 Å². The second-order valence-electron chi connectivity index (χ2n) is 3.79. The molecule has 0 aromatic carbocycles. The minimum absolute atomic E-state index is 0.382. The summed E-state index contributed by atoms with van der Waals surface area (Å²) < 4.78 is 0. The van der Waals surface area contributed by atoms with Crippen LogP contribution in [0.4, 0.5) is 4.79 Å². The minimum Gasteiger partial charge on any atom is -0.480 e. The zero-order chi connectivity index (χ0) is 12.5. The largest absolute Gasteiger partial charge is 0.480 e. The highest BCUT2D eigenvalue weighted by atomic mass is 16.4. The molecule has 0 aromatic rings. The van der Waals surface area contributed by atoms with E-state index >= 15 is 0 Å². The number of nitrogens with one attached hydrogen (secondary N) is 2. The summed E-state index contributed by atoms with van der Waals surface area (Å²) in [5, 5.41) is 12.5. The Kier molecular flexibility index (Phi) is 2.95. The molecule has 1 atom stereocenters. The van der Waals surface area contributed by atoms with E-state index in [-0.39, 0.29) is 6.42 Å². The van der Waals surface area contributed by atoms with Crippen molar-refractivity contribution in [2.75, 3.05) is 0 Å². The van der Waals surface area contributed by atoms with Crippen LogP contribution in [0.15, 0.2) is 0 Å². The molecule has 1 aliphatic rings. The normalized spacial score (nSPS) is 21.0. The molecule has 1 rings (SSSR count). The lowest BCUT2D eigenvalue weighted by atomic mass is 9.88. The van der Waals surface area contributed by atoms with Gasteiger partial charge >= 0.3 is 12.0 Å². The number of imide groups is 2. The predicted molar refractivity (Wildman–Crippen MR) is 50.0 cm³/mol. The molecule has 8 heteroatoms. The Morgan fingerprint density at radius 2 is 1.81 bits per heavy atom.